The summed E-state index contributed by atoms with van der Waals surface area (Å²) >= 11 is 0. The standard InChI is InChI=1S/C7H12O2.C5H16OSi2/c1-3-4-5-6(2)7(8)9;1-7(2)6-8(3,4)5/h2-5H2,1H3,(H,8,9);7H,1-5H3. The minimum atomic E-state index is -1.16. The van der Waals surface area contributed by atoms with Gasteiger partial charge in [0, 0.05) is 5.57 Å². The monoisotopic (exact) mass is 276 g/mol. The van der Waals surface area contributed by atoms with E-state index >= 15 is 0 Å². The van der Waals surface area contributed by atoms with Crippen molar-refractivity contribution in [2.75, 3.05) is 0 Å². The fraction of sp³-hybridized carbons (Fsp3) is 0.750. The first-order valence-electron chi connectivity index (χ1n) is 6.19. The third kappa shape index (κ3) is 18.2. The molecule has 0 saturated carbocycles. The quantitative estimate of drug-likeness (QED) is 0.595. The highest BCUT2D eigenvalue weighted by atomic mass is 28.4. The molecule has 0 fully saturated rings. The van der Waals surface area contributed by atoms with Crippen molar-refractivity contribution in [1.29, 1.82) is 0 Å². The molecule has 0 rings (SSSR count). The number of rotatable bonds is 6. The number of carboxylic acid groups (broad SMARTS) is 1. The molecule has 0 aromatic carbocycles. The van der Waals surface area contributed by atoms with E-state index in [0.29, 0.717) is 12.0 Å². The number of unbranched alkanes of at least 4 members (excludes halogenated alkanes) is 1. The minimum absolute atomic E-state index is 0.317. The summed E-state index contributed by atoms with van der Waals surface area (Å²) in [5.41, 5.74) is 0.317. The maximum absolute atomic E-state index is 10.1. The van der Waals surface area contributed by atoms with Crippen molar-refractivity contribution in [3.05, 3.63) is 12.2 Å². The predicted octanol–water partition coefficient (Wildman–Crippen LogP) is 3.64. The van der Waals surface area contributed by atoms with Crippen molar-refractivity contribution < 1.29 is 14.0 Å². The Morgan fingerprint density at radius 3 is 2.00 bits per heavy atom. The van der Waals surface area contributed by atoms with Gasteiger partial charge >= 0.3 is 5.97 Å². The molecule has 0 aliphatic carbocycles. The SMILES string of the molecule is C=C(CCCC)C(=O)O.C[SiH](C)O[Si](C)(C)C. The molecule has 5 heteroatoms. The second-order valence-electron chi connectivity index (χ2n) is 5.29. The molecule has 0 aliphatic rings. The zero-order valence-electron chi connectivity index (χ0n) is 12.2. The molecule has 0 bridgehead atoms. The predicted molar refractivity (Wildman–Crippen MR) is 79.6 cm³/mol. The van der Waals surface area contributed by atoms with Crippen LogP contribution in [0.15, 0.2) is 12.2 Å². The summed E-state index contributed by atoms with van der Waals surface area (Å²) in [6, 6.07) is 0. The largest absolute Gasteiger partial charge is 0.478 e. The Kier molecular flexibility index (Phi) is 10.7. The summed E-state index contributed by atoms with van der Waals surface area (Å²) in [6.07, 6.45) is 2.56. The van der Waals surface area contributed by atoms with Crippen molar-refractivity contribution in [2.45, 2.75) is 58.9 Å². The van der Waals surface area contributed by atoms with Gasteiger partial charge in [0.15, 0.2) is 17.4 Å². The lowest BCUT2D eigenvalue weighted by molar-refractivity contribution is -0.132. The van der Waals surface area contributed by atoms with Crippen molar-refractivity contribution in [1.82, 2.24) is 0 Å². The number of aliphatic carboxylic acids is 1. The summed E-state index contributed by atoms with van der Waals surface area (Å²) in [5.74, 6) is -0.872. The van der Waals surface area contributed by atoms with Gasteiger partial charge in [-0.25, -0.2) is 4.79 Å². The van der Waals surface area contributed by atoms with Gasteiger partial charge in [-0.1, -0.05) is 19.9 Å². The molecule has 0 unspecified atom stereocenters. The molecule has 0 saturated heterocycles. The van der Waals surface area contributed by atoms with Crippen LogP contribution in [0.4, 0.5) is 0 Å². The van der Waals surface area contributed by atoms with Crippen molar-refractivity contribution in [3.63, 3.8) is 0 Å². The number of hydrogen-bond acceptors (Lipinski definition) is 2. The van der Waals surface area contributed by atoms with E-state index in [2.05, 4.69) is 39.3 Å². The number of carbonyl (C=O) groups is 1. The van der Waals surface area contributed by atoms with E-state index in [1.54, 1.807) is 0 Å². The molecule has 0 aromatic rings. The Morgan fingerprint density at radius 1 is 1.35 bits per heavy atom. The van der Waals surface area contributed by atoms with Crippen molar-refractivity contribution >= 4 is 23.3 Å². The molecule has 3 nitrogen and oxygen atoms in total. The molecular weight excluding hydrogens is 248 g/mol. The first-order valence-corrected chi connectivity index (χ1v) is 12.4. The van der Waals surface area contributed by atoms with E-state index in [-0.39, 0.29) is 0 Å². The lowest BCUT2D eigenvalue weighted by Crippen LogP contribution is -2.31. The number of carboxylic acids is 1. The van der Waals surface area contributed by atoms with Crippen LogP contribution in [0.5, 0.6) is 0 Å². The van der Waals surface area contributed by atoms with Gasteiger partial charge in [0.25, 0.3) is 0 Å². The molecule has 0 aromatic heterocycles. The average Bonchev–Trinajstić information content (AvgIpc) is 2.10. The molecule has 0 atom stereocenters. The third-order valence-electron chi connectivity index (χ3n) is 1.72. The normalized spacial score (nSPS) is 10.8. The smallest absolute Gasteiger partial charge is 0.330 e. The molecule has 102 valence electrons. The Bertz CT molecular complexity index is 232. The third-order valence-corrected chi connectivity index (χ3v) is 6.44. The van der Waals surface area contributed by atoms with Crippen LogP contribution in [0, 0.1) is 0 Å². The number of hydrogen-bond donors (Lipinski definition) is 1. The fourth-order valence-electron chi connectivity index (χ4n) is 1.20. The zero-order chi connectivity index (χ0) is 14.1. The van der Waals surface area contributed by atoms with Gasteiger partial charge in [0.1, 0.15) is 0 Å². The van der Waals surface area contributed by atoms with Crippen LogP contribution in [0.25, 0.3) is 0 Å². The van der Waals surface area contributed by atoms with Gasteiger partial charge in [-0.05, 0) is 45.6 Å². The van der Waals surface area contributed by atoms with Gasteiger partial charge in [-0.3, -0.25) is 0 Å². The Balaban J connectivity index is 0. The first kappa shape index (κ1) is 19.0. The van der Waals surface area contributed by atoms with Gasteiger partial charge in [0.2, 0.25) is 0 Å². The highest BCUT2D eigenvalue weighted by Gasteiger charge is 2.14. The van der Waals surface area contributed by atoms with Crippen LogP contribution >= 0.6 is 0 Å². The summed E-state index contributed by atoms with van der Waals surface area (Å²) in [7, 11) is -1.89. The molecular formula is C12H28O3Si2. The van der Waals surface area contributed by atoms with Gasteiger partial charge < -0.3 is 9.22 Å². The van der Waals surface area contributed by atoms with Crippen LogP contribution in [0.2, 0.25) is 32.7 Å². The Morgan fingerprint density at radius 2 is 1.82 bits per heavy atom. The molecule has 0 aliphatic heterocycles. The highest BCUT2D eigenvalue weighted by molar-refractivity contribution is 6.76. The fourth-order valence-corrected chi connectivity index (χ4v) is 6.86. The van der Waals surface area contributed by atoms with Crippen LogP contribution in [0.3, 0.4) is 0 Å². The van der Waals surface area contributed by atoms with E-state index in [0.717, 1.165) is 12.8 Å². The first-order chi connectivity index (χ1) is 7.60. The molecule has 0 amide bonds. The van der Waals surface area contributed by atoms with E-state index in [1.165, 1.54) is 0 Å². The Labute approximate surface area is 109 Å². The lowest BCUT2D eigenvalue weighted by Gasteiger charge is -2.19. The van der Waals surface area contributed by atoms with Gasteiger partial charge in [-0.15, -0.1) is 0 Å². The average molecular weight is 277 g/mol. The summed E-state index contributed by atoms with van der Waals surface area (Å²) in [4.78, 5) is 10.1. The molecule has 0 heterocycles. The summed E-state index contributed by atoms with van der Waals surface area (Å²) < 4.78 is 5.72. The maximum Gasteiger partial charge on any atom is 0.330 e. The molecule has 0 spiro atoms. The highest BCUT2D eigenvalue weighted by Crippen LogP contribution is 2.04. The van der Waals surface area contributed by atoms with Crippen LogP contribution in [-0.4, -0.2) is 28.4 Å². The van der Waals surface area contributed by atoms with E-state index in [1.807, 2.05) is 6.92 Å². The maximum atomic E-state index is 10.1. The minimum Gasteiger partial charge on any atom is -0.478 e. The van der Waals surface area contributed by atoms with E-state index < -0.39 is 23.3 Å². The van der Waals surface area contributed by atoms with Crippen molar-refractivity contribution in [2.24, 2.45) is 0 Å². The van der Waals surface area contributed by atoms with Crippen LogP contribution in [-0.2, 0) is 8.91 Å². The van der Waals surface area contributed by atoms with E-state index in [4.69, 9.17) is 9.22 Å². The lowest BCUT2D eigenvalue weighted by atomic mass is 10.1. The van der Waals surface area contributed by atoms with Crippen LogP contribution < -0.4 is 0 Å². The zero-order valence-corrected chi connectivity index (χ0v) is 14.3. The molecule has 0 radical (unpaired) electrons. The second-order valence-corrected chi connectivity index (χ2v) is 12.6. The Hall–Kier alpha value is -0.396. The topological polar surface area (TPSA) is 46.5 Å². The van der Waals surface area contributed by atoms with Crippen LogP contribution in [0.1, 0.15) is 26.2 Å². The van der Waals surface area contributed by atoms with E-state index in [9.17, 15) is 4.79 Å². The summed E-state index contributed by atoms with van der Waals surface area (Å²) in [6.45, 7) is 16.6. The summed E-state index contributed by atoms with van der Waals surface area (Å²) in [5, 5.41) is 8.31. The van der Waals surface area contributed by atoms with Gasteiger partial charge in [-0.2, -0.15) is 0 Å². The molecule has 17 heavy (non-hydrogen) atoms. The molecule has 1 N–H and O–H groups in total. The van der Waals surface area contributed by atoms with Crippen molar-refractivity contribution in [3.8, 4) is 0 Å². The van der Waals surface area contributed by atoms with Gasteiger partial charge in [0.05, 0.1) is 0 Å². The second kappa shape index (κ2) is 9.62.